The summed E-state index contributed by atoms with van der Waals surface area (Å²) in [6.07, 6.45) is 4.00. The molecule has 0 saturated carbocycles. The molecule has 0 amide bonds. The number of rotatable bonds is 3. The van der Waals surface area contributed by atoms with Crippen molar-refractivity contribution in [2.45, 2.75) is 6.92 Å². The van der Waals surface area contributed by atoms with Gasteiger partial charge in [-0.3, -0.25) is 4.79 Å². The van der Waals surface area contributed by atoms with E-state index in [1.165, 1.54) is 6.08 Å². The zero-order valence-corrected chi connectivity index (χ0v) is 7.78. The number of benzene rings is 1. The van der Waals surface area contributed by atoms with Crippen molar-refractivity contribution in [3.8, 4) is 5.75 Å². The van der Waals surface area contributed by atoms with Crippen molar-refractivity contribution in [1.29, 1.82) is 0 Å². The van der Waals surface area contributed by atoms with Crippen molar-refractivity contribution in [1.82, 2.24) is 0 Å². The van der Waals surface area contributed by atoms with Crippen molar-refractivity contribution in [3.63, 3.8) is 0 Å². The third kappa shape index (κ3) is 2.44. The van der Waals surface area contributed by atoms with Crippen LogP contribution in [-0.4, -0.2) is 13.4 Å². The van der Waals surface area contributed by atoms with Crippen LogP contribution in [0.4, 0.5) is 0 Å². The van der Waals surface area contributed by atoms with Gasteiger partial charge in [0.15, 0.2) is 0 Å². The number of ether oxygens (including phenoxy) is 1. The monoisotopic (exact) mass is 176 g/mol. The molecule has 0 fully saturated rings. The quantitative estimate of drug-likeness (QED) is 0.521. The van der Waals surface area contributed by atoms with Crippen LogP contribution in [0.5, 0.6) is 5.75 Å². The summed E-state index contributed by atoms with van der Waals surface area (Å²) < 4.78 is 5.11. The summed E-state index contributed by atoms with van der Waals surface area (Å²) in [5, 5.41) is 0. The highest BCUT2D eigenvalue weighted by molar-refractivity contribution is 5.74. The van der Waals surface area contributed by atoms with E-state index in [9.17, 15) is 4.79 Å². The topological polar surface area (TPSA) is 26.3 Å². The number of hydrogen-bond donors (Lipinski definition) is 0. The zero-order valence-electron chi connectivity index (χ0n) is 7.78. The summed E-state index contributed by atoms with van der Waals surface area (Å²) in [4.78, 5) is 10.1. The van der Waals surface area contributed by atoms with Gasteiger partial charge in [-0.05, 0) is 36.3 Å². The summed E-state index contributed by atoms with van der Waals surface area (Å²) >= 11 is 0. The smallest absolute Gasteiger partial charge is 0.142 e. The average molecular weight is 176 g/mol. The highest BCUT2D eigenvalue weighted by Gasteiger charge is 1.96. The Labute approximate surface area is 77.8 Å². The van der Waals surface area contributed by atoms with E-state index < -0.39 is 0 Å². The van der Waals surface area contributed by atoms with E-state index in [2.05, 4.69) is 0 Å². The molecule has 0 radical (unpaired) electrons. The number of allylic oxidation sites excluding steroid dienone is 1. The Hall–Kier alpha value is -1.57. The summed E-state index contributed by atoms with van der Waals surface area (Å²) in [6.45, 7) is 1.97. The molecule has 2 heteroatoms. The first kappa shape index (κ1) is 9.52. The Morgan fingerprint density at radius 3 is 2.69 bits per heavy atom. The molecule has 13 heavy (non-hydrogen) atoms. The molecule has 0 spiro atoms. The highest BCUT2D eigenvalue weighted by atomic mass is 16.5. The molecule has 0 unspecified atom stereocenters. The molecule has 2 nitrogen and oxygen atoms in total. The standard InChI is InChI=1S/C11H12O2/c1-9-8-10(4-3-7-12)5-6-11(9)13-2/h3-8H,1-2H3/b4-3+. The first-order valence-corrected chi connectivity index (χ1v) is 4.04. The predicted molar refractivity (Wildman–Crippen MR) is 52.8 cm³/mol. The normalized spacial score (nSPS) is 10.3. The van der Waals surface area contributed by atoms with Crippen molar-refractivity contribution < 1.29 is 9.53 Å². The number of hydrogen-bond acceptors (Lipinski definition) is 2. The zero-order chi connectivity index (χ0) is 9.68. The number of carbonyl (C=O) groups excluding carboxylic acids is 1. The lowest BCUT2D eigenvalue weighted by Crippen LogP contribution is -1.86. The van der Waals surface area contributed by atoms with Crippen LogP contribution in [0, 0.1) is 6.92 Å². The fourth-order valence-electron chi connectivity index (χ4n) is 1.16. The third-order valence-corrected chi connectivity index (χ3v) is 1.79. The van der Waals surface area contributed by atoms with E-state index >= 15 is 0 Å². The Bertz CT molecular complexity index is 327. The minimum absolute atomic E-state index is 0.763. The summed E-state index contributed by atoms with van der Waals surface area (Å²) in [5.41, 5.74) is 2.07. The van der Waals surface area contributed by atoms with E-state index in [1.807, 2.05) is 25.1 Å². The van der Waals surface area contributed by atoms with Gasteiger partial charge < -0.3 is 4.74 Å². The molecular weight excluding hydrogens is 164 g/mol. The van der Waals surface area contributed by atoms with Crippen LogP contribution in [-0.2, 0) is 4.79 Å². The van der Waals surface area contributed by atoms with Crippen LogP contribution in [0.3, 0.4) is 0 Å². The first-order chi connectivity index (χ1) is 6.27. The Balaban J connectivity index is 2.95. The molecule has 0 saturated heterocycles. The molecule has 0 aliphatic rings. The van der Waals surface area contributed by atoms with Crippen LogP contribution < -0.4 is 4.74 Å². The van der Waals surface area contributed by atoms with Crippen LogP contribution in [0.1, 0.15) is 11.1 Å². The van der Waals surface area contributed by atoms with Crippen molar-refractivity contribution in [2.24, 2.45) is 0 Å². The lowest BCUT2D eigenvalue weighted by molar-refractivity contribution is -0.104. The molecule has 1 aromatic rings. The number of methoxy groups -OCH3 is 1. The summed E-state index contributed by atoms with van der Waals surface area (Å²) in [6, 6.07) is 5.77. The molecular formula is C11H12O2. The molecule has 0 N–H and O–H groups in total. The van der Waals surface area contributed by atoms with Gasteiger partial charge in [0.05, 0.1) is 7.11 Å². The lowest BCUT2D eigenvalue weighted by atomic mass is 10.1. The maximum absolute atomic E-state index is 10.1. The maximum Gasteiger partial charge on any atom is 0.142 e. The summed E-state index contributed by atoms with van der Waals surface area (Å²) in [5.74, 6) is 0.864. The Kier molecular flexibility index (Phi) is 3.26. The predicted octanol–water partition coefficient (Wildman–Crippen LogP) is 2.22. The molecule has 0 aromatic heterocycles. The second-order valence-corrected chi connectivity index (χ2v) is 2.72. The third-order valence-electron chi connectivity index (χ3n) is 1.79. The molecule has 0 bridgehead atoms. The fraction of sp³-hybridized carbons (Fsp3) is 0.182. The van der Waals surface area contributed by atoms with Gasteiger partial charge in [0.1, 0.15) is 12.0 Å². The SMILES string of the molecule is COc1ccc(/C=C/C=O)cc1C. The van der Waals surface area contributed by atoms with E-state index in [4.69, 9.17) is 4.74 Å². The van der Waals surface area contributed by atoms with Gasteiger partial charge in [0, 0.05) is 0 Å². The van der Waals surface area contributed by atoms with Crippen molar-refractivity contribution in [2.75, 3.05) is 7.11 Å². The lowest BCUT2D eigenvalue weighted by Gasteiger charge is -2.04. The first-order valence-electron chi connectivity index (χ1n) is 4.04. The molecule has 0 aliphatic carbocycles. The summed E-state index contributed by atoms with van der Waals surface area (Å²) in [7, 11) is 1.64. The van der Waals surface area contributed by atoms with Crippen LogP contribution in [0.25, 0.3) is 6.08 Å². The van der Waals surface area contributed by atoms with Gasteiger partial charge in [-0.1, -0.05) is 12.1 Å². The van der Waals surface area contributed by atoms with Crippen LogP contribution in [0.2, 0.25) is 0 Å². The molecule has 0 heterocycles. The van der Waals surface area contributed by atoms with Gasteiger partial charge in [0.25, 0.3) is 0 Å². The largest absolute Gasteiger partial charge is 0.496 e. The minimum Gasteiger partial charge on any atom is -0.496 e. The number of carbonyl (C=O) groups is 1. The van der Waals surface area contributed by atoms with Gasteiger partial charge in [0.2, 0.25) is 0 Å². The Morgan fingerprint density at radius 1 is 1.38 bits per heavy atom. The number of aryl methyl sites for hydroxylation is 1. The molecule has 1 rings (SSSR count). The van der Waals surface area contributed by atoms with Crippen LogP contribution in [0.15, 0.2) is 24.3 Å². The molecule has 0 aliphatic heterocycles. The van der Waals surface area contributed by atoms with E-state index in [0.29, 0.717) is 0 Å². The fourth-order valence-corrected chi connectivity index (χ4v) is 1.16. The minimum atomic E-state index is 0.763. The van der Waals surface area contributed by atoms with Gasteiger partial charge in [-0.15, -0.1) is 0 Å². The van der Waals surface area contributed by atoms with E-state index in [-0.39, 0.29) is 0 Å². The van der Waals surface area contributed by atoms with Crippen LogP contribution >= 0.6 is 0 Å². The van der Waals surface area contributed by atoms with Gasteiger partial charge in [-0.25, -0.2) is 0 Å². The second-order valence-electron chi connectivity index (χ2n) is 2.72. The Morgan fingerprint density at radius 2 is 2.15 bits per heavy atom. The van der Waals surface area contributed by atoms with Gasteiger partial charge in [-0.2, -0.15) is 0 Å². The maximum atomic E-state index is 10.1. The average Bonchev–Trinajstić information content (AvgIpc) is 2.15. The van der Waals surface area contributed by atoms with Gasteiger partial charge >= 0.3 is 0 Å². The molecule has 0 atom stereocenters. The van der Waals surface area contributed by atoms with Crippen molar-refractivity contribution >= 4 is 12.4 Å². The second kappa shape index (κ2) is 4.45. The highest BCUT2D eigenvalue weighted by Crippen LogP contribution is 2.18. The van der Waals surface area contributed by atoms with Crippen molar-refractivity contribution in [3.05, 3.63) is 35.4 Å². The van der Waals surface area contributed by atoms with E-state index in [1.54, 1.807) is 13.2 Å². The van der Waals surface area contributed by atoms with E-state index in [0.717, 1.165) is 23.2 Å². The molecule has 1 aromatic carbocycles. The molecule has 68 valence electrons. The number of aldehydes is 1.